The molecule has 114 valence electrons. The zero-order chi connectivity index (χ0) is 15.7. The van der Waals surface area contributed by atoms with Crippen LogP contribution in [0.4, 0.5) is 0 Å². The number of hydrogen-bond donors (Lipinski definition) is 1. The van der Waals surface area contributed by atoms with Crippen LogP contribution in [0.15, 0.2) is 17.5 Å². The van der Waals surface area contributed by atoms with Crippen LogP contribution in [-0.4, -0.2) is 45.3 Å². The summed E-state index contributed by atoms with van der Waals surface area (Å²) in [7, 11) is 3.11. The van der Waals surface area contributed by atoms with Crippen LogP contribution in [0, 0.1) is 0 Å². The molecule has 0 unspecified atom stereocenters. The summed E-state index contributed by atoms with van der Waals surface area (Å²) in [5, 5.41) is 19.7. The van der Waals surface area contributed by atoms with E-state index in [1.807, 2.05) is 0 Å². The number of carbonyl (C=O) groups is 1. The lowest BCUT2D eigenvalue weighted by atomic mass is 10.3. The molecule has 0 aliphatic carbocycles. The summed E-state index contributed by atoms with van der Waals surface area (Å²) in [5.41, 5.74) is 1.35. The Bertz CT molecular complexity index is 801. The fraction of sp³-hybridized carbons (Fsp3) is 0.231. The first kappa shape index (κ1) is 14.3. The molecule has 0 radical (unpaired) electrons. The number of aromatic nitrogens is 4. The molecule has 0 bridgehead atoms. The fourth-order valence-corrected chi connectivity index (χ4v) is 2.70. The molecule has 3 aromatic rings. The van der Waals surface area contributed by atoms with Gasteiger partial charge >= 0.3 is 5.97 Å². The molecular formula is C13H12N4O4S. The average molecular weight is 320 g/mol. The topological polar surface area (TPSA) is 99.4 Å². The molecule has 0 saturated heterocycles. The highest BCUT2D eigenvalue weighted by molar-refractivity contribution is 7.09. The van der Waals surface area contributed by atoms with Gasteiger partial charge in [-0.25, -0.2) is 9.78 Å². The second-order valence-electron chi connectivity index (χ2n) is 4.36. The van der Waals surface area contributed by atoms with E-state index in [9.17, 15) is 4.79 Å². The van der Waals surface area contributed by atoms with Crippen LogP contribution in [0.2, 0.25) is 0 Å². The number of nitrogens with zero attached hydrogens (tertiary/aromatic N) is 4. The number of thiazole rings is 1. The molecule has 2 heterocycles. The molecule has 2 aromatic heterocycles. The predicted octanol–water partition coefficient (Wildman–Crippen LogP) is 1.65. The monoisotopic (exact) mass is 320 g/mol. The number of benzene rings is 1. The minimum Gasteiger partial charge on any atom is -0.493 e. The van der Waals surface area contributed by atoms with Crippen molar-refractivity contribution in [3.05, 3.63) is 28.2 Å². The number of ether oxygens (including phenoxy) is 2. The number of rotatable bonds is 5. The number of carboxylic acids is 1. The molecule has 0 aliphatic heterocycles. The minimum absolute atomic E-state index is 0.0278. The number of fused-ring (bicyclic) bond motifs is 1. The summed E-state index contributed by atoms with van der Waals surface area (Å²) in [4.78, 5) is 16.3. The maximum atomic E-state index is 10.8. The highest BCUT2D eigenvalue weighted by Crippen LogP contribution is 2.30. The Balaban J connectivity index is 1.92. The Morgan fingerprint density at radius 2 is 1.82 bits per heavy atom. The van der Waals surface area contributed by atoms with Crippen molar-refractivity contribution in [3.63, 3.8) is 0 Å². The molecule has 8 nitrogen and oxygen atoms in total. The standard InChI is InChI=1S/C13H12N4O4S/c1-20-10-3-7-8(4-11(10)21-2)16-17(15-7)5-12-14-9(6-22-12)13(18)19/h3-4,6H,5H2,1-2H3,(H,18,19). The van der Waals surface area contributed by atoms with Gasteiger partial charge in [-0.15, -0.1) is 11.3 Å². The van der Waals surface area contributed by atoms with E-state index in [0.29, 0.717) is 34.1 Å². The summed E-state index contributed by atoms with van der Waals surface area (Å²) in [6, 6.07) is 3.48. The summed E-state index contributed by atoms with van der Waals surface area (Å²) in [5.74, 6) is 0.101. The molecule has 0 spiro atoms. The van der Waals surface area contributed by atoms with E-state index in [-0.39, 0.29) is 5.69 Å². The second-order valence-corrected chi connectivity index (χ2v) is 5.30. The molecule has 9 heteroatoms. The lowest BCUT2D eigenvalue weighted by Crippen LogP contribution is -2.04. The second kappa shape index (κ2) is 5.60. The zero-order valence-corrected chi connectivity index (χ0v) is 12.6. The van der Waals surface area contributed by atoms with Crippen molar-refractivity contribution in [2.24, 2.45) is 0 Å². The largest absolute Gasteiger partial charge is 0.493 e. The molecule has 22 heavy (non-hydrogen) atoms. The average Bonchev–Trinajstić information content (AvgIpc) is 3.11. The highest BCUT2D eigenvalue weighted by atomic mass is 32.1. The van der Waals surface area contributed by atoms with Crippen LogP contribution >= 0.6 is 11.3 Å². The normalized spacial score (nSPS) is 10.8. The lowest BCUT2D eigenvalue weighted by molar-refractivity contribution is 0.0691. The Hall–Kier alpha value is -2.68. The fourth-order valence-electron chi connectivity index (χ4n) is 1.96. The maximum Gasteiger partial charge on any atom is 0.355 e. The van der Waals surface area contributed by atoms with Gasteiger partial charge in [0.2, 0.25) is 0 Å². The molecule has 0 amide bonds. The zero-order valence-electron chi connectivity index (χ0n) is 11.8. The van der Waals surface area contributed by atoms with Crippen molar-refractivity contribution in [2.75, 3.05) is 14.2 Å². The number of methoxy groups -OCH3 is 2. The van der Waals surface area contributed by atoms with Crippen LogP contribution in [0.3, 0.4) is 0 Å². The van der Waals surface area contributed by atoms with Gasteiger partial charge in [0.1, 0.15) is 22.6 Å². The van der Waals surface area contributed by atoms with Crippen LogP contribution in [0.1, 0.15) is 15.5 Å². The van der Waals surface area contributed by atoms with Crippen molar-refractivity contribution < 1.29 is 19.4 Å². The van der Waals surface area contributed by atoms with Gasteiger partial charge < -0.3 is 14.6 Å². The van der Waals surface area contributed by atoms with E-state index in [1.54, 1.807) is 26.4 Å². The first-order valence-electron chi connectivity index (χ1n) is 6.25. The van der Waals surface area contributed by atoms with Gasteiger partial charge in [0, 0.05) is 17.5 Å². The van der Waals surface area contributed by atoms with Crippen molar-refractivity contribution in [3.8, 4) is 11.5 Å². The van der Waals surface area contributed by atoms with Crippen molar-refractivity contribution in [2.45, 2.75) is 6.54 Å². The Kier molecular flexibility index (Phi) is 3.63. The quantitative estimate of drug-likeness (QED) is 0.763. The number of carboxylic acid groups (broad SMARTS) is 1. The smallest absolute Gasteiger partial charge is 0.355 e. The highest BCUT2D eigenvalue weighted by Gasteiger charge is 2.13. The Morgan fingerprint density at radius 1 is 1.23 bits per heavy atom. The van der Waals surface area contributed by atoms with Gasteiger partial charge in [-0.1, -0.05) is 0 Å². The summed E-state index contributed by atoms with van der Waals surface area (Å²) >= 11 is 1.26. The van der Waals surface area contributed by atoms with E-state index in [1.165, 1.54) is 21.5 Å². The molecule has 1 N–H and O–H groups in total. The molecule has 0 saturated carbocycles. The molecule has 3 rings (SSSR count). The van der Waals surface area contributed by atoms with Crippen molar-refractivity contribution >= 4 is 28.3 Å². The van der Waals surface area contributed by atoms with E-state index >= 15 is 0 Å². The summed E-state index contributed by atoms with van der Waals surface area (Å²) in [6.07, 6.45) is 0. The van der Waals surface area contributed by atoms with E-state index in [0.717, 1.165) is 0 Å². The number of hydrogen-bond acceptors (Lipinski definition) is 7. The van der Waals surface area contributed by atoms with Gasteiger partial charge in [0.05, 0.1) is 14.2 Å². The molecule has 0 aliphatic rings. The van der Waals surface area contributed by atoms with Crippen LogP contribution in [-0.2, 0) is 6.54 Å². The molecule has 0 fully saturated rings. The molecule has 0 atom stereocenters. The van der Waals surface area contributed by atoms with Crippen molar-refractivity contribution in [1.82, 2.24) is 20.0 Å². The summed E-state index contributed by atoms with van der Waals surface area (Å²) < 4.78 is 10.4. The van der Waals surface area contributed by atoms with Gasteiger partial charge in [-0.3, -0.25) is 0 Å². The molecule has 1 aromatic carbocycles. The van der Waals surface area contributed by atoms with Gasteiger partial charge in [0.15, 0.2) is 17.2 Å². The SMILES string of the molecule is COc1cc2nn(Cc3nc(C(=O)O)cs3)nc2cc1OC. The third kappa shape index (κ3) is 2.58. The third-order valence-electron chi connectivity index (χ3n) is 2.97. The first-order chi connectivity index (χ1) is 10.6. The lowest BCUT2D eigenvalue weighted by Gasteiger charge is -2.05. The summed E-state index contributed by atoms with van der Waals surface area (Å²) in [6.45, 7) is 0.303. The predicted molar refractivity (Wildman–Crippen MR) is 78.8 cm³/mol. The van der Waals surface area contributed by atoms with Crippen LogP contribution < -0.4 is 9.47 Å². The van der Waals surface area contributed by atoms with Crippen molar-refractivity contribution in [1.29, 1.82) is 0 Å². The third-order valence-corrected chi connectivity index (χ3v) is 3.81. The minimum atomic E-state index is -1.05. The van der Waals surface area contributed by atoms with Gasteiger partial charge in [0.25, 0.3) is 0 Å². The first-order valence-corrected chi connectivity index (χ1v) is 7.13. The van der Waals surface area contributed by atoms with Crippen LogP contribution in [0.25, 0.3) is 11.0 Å². The Morgan fingerprint density at radius 3 is 2.27 bits per heavy atom. The van der Waals surface area contributed by atoms with E-state index in [2.05, 4.69) is 15.2 Å². The molecular weight excluding hydrogens is 308 g/mol. The maximum absolute atomic E-state index is 10.8. The van der Waals surface area contributed by atoms with Gasteiger partial charge in [-0.05, 0) is 0 Å². The van der Waals surface area contributed by atoms with Crippen LogP contribution in [0.5, 0.6) is 11.5 Å². The Labute approximate surface area is 128 Å². The van der Waals surface area contributed by atoms with E-state index < -0.39 is 5.97 Å². The number of aromatic carboxylic acids is 1. The van der Waals surface area contributed by atoms with Gasteiger partial charge in [-0.2, -0.15) is 15.0 Å². The van der Waals surface area contributed by atoms with E-state index in [4.69, 9.17) is 14.6 Å².